The standard InChI is InChI=1S/C29H35NO4/c1-20-10-15-25(29(2,3)22-8-6-5-7-9-22)27(18-20)34-28(32)30-17-16-23(31)19-26(30)21-11-13-24(33-4)14-12-21/h5-9,11-14,16-17,20,25-27H,10,15,18-19H2,1-4H3/t20-,25-,26+,27-/m1/s1. The molecule has 0 bridgehead atoms. The van der Waals surface area contributed by atoms with E-state index in [0.717, 1.165) is 30.6 Å². The van der Waals surface area contributed by atoms with Crippen molar-refractivity contribution in [2.24, 2.45) is 11.8 Å². The molecule has 0 saturated heterocycles. The quantitative estimate of drug-likeness (QED) is 0.514. The summed E-state index contributed by atoms with van der Waals surface area (Å²) >= 11 is 0. The Bertz CT molecular complexity index is 1030. The number of ketones is 1. The van der Waals surface area contributed by atoms with Gasteiger partial charge in [-0.2, -0.15) is 0 Å². The second kappa shape index (κ2) is 10.0. The van der Waals surface area contributed by atoms with E-state index in [9.17, 15) is 9.59 Å². The molecular weight excluding hydrogens is 426 g/mol. The van der Waals surface area contributed by atoms with Crippen molar-refractivity contribution < 1.29 is 19.1 Å². The molecule has 34 heavy (non-hydrogen) atoms. The molecule has 1 aliphatic heterocycles. The van der Waals surface area contributed by atoms with Gasteiger partial charge in [-0.15, -0.1) is 0 Å². The van der Waals surface area contributed by atoms with Gasteiger partial charge in [-0.25, -0.2) is 4.79 Å². The number of amides is 1. The van der Waals surface area contributed by atoms with Crippen molar-refractivity contribution in [3.05, 3.63) is 78.0 Å². The van der Waals surface area contributed by atoms with Crippen LogP contribution in [0.3, 0.4) is 0 Å². The summed E-state index contributed by atoms with van der Waals surface area (Å²) in [5, 5.41) is 0. The van der Waals surface area contributed by atoms with Gasteiger partial charge in [-0.1, -0.05) is 69.7 Å². The molecule has 0 aromatic heterocycles. The van der Waals surface area contributed by atoms with Crippen LogP contribution in [0.1, 0.15) is 63.6 Å². The Morgan fingerprint density at radius 1 is 1.03 bits per heavy atom. The first-order valence-corrected chi connectivity index (χ1v) is 12.2. The van der Waals surface area contributed by atoms with Gasteiger partial charge in [0.05, 0.1) is 13.2 Å². The summed E-state index contributed by atoms with van der Waals surface area (Å²) < 4.78 is 11.5. The lowest BCUT2D eigenvalue weighted by molar-refractivity contribution is -0.116. The van der Waals surface area contributed by atoms with Gasteiger partial charge in [-0.05, 0) is 53.5 Å². The van der Waals surface area contributed by atoms with Crippen molar-refractivity contribution >= 4 is 11.9 Å². The van der Waals surface area contributed by atoms with Crippen LogP contribution in [0.5, 0.6) is 5.75 Å². The SMILES string of the molecule is COc1ccc([C@@H]2CC(=O)C=CN2C(=O)O[C@@H]2C[C@H](C)CC[C@H]2C(C)(C)c2ccccc2)cc1. The van der Waals surface area contributed by atoms with Crippen LogP contribution in [-0.2, 0) is 14.9 Å². The number of carbonyl (C=O) groups is 2. The maximum Gasteiger partial charge on any atom is 0.414 e. The number of benzene rings is 2. The molecule has 2 aliphatic rings. The molecule has 0 spiro atoms. The van der Waals surface area contributed by atoms with Crippen molar-refractivity contribution in [1.29, 1.82) is 0 Å². The van der Waals surface area contributed by atoms with Crippen LogP contribution < -0.4 is 4.74 Å². The van der Waals surface area contributed by atoms with Gasteiger partial charge in [0.1, 0.15) is 11.9 Å². The Morgan fingerprint density at radius 2 is 1.74 bits per heavy atom. The zero-order valence-corrected chi connectivity index (χ0v) is 20.6. The Balaban J connectivity index is 1.57. The molecule has 4 atom stereocenters. The summed E-state index contributed by atoms with van der Waals surface area (Å²) in [4.78, 5) is 27.3. The Hall–Kier alpha value is -3.08. The molecule has 5 heteroatoms. The van der Waals surface area contributed by atoms with Gasteiger partial charge in [0.2, 0.25) is 0 Å². The van der Waals surface area contributed by atoms with Gasteiger partial charge in [0.25, 0.3) is 0 Å². The largest absolute Gasteiger partial charge is 0.497 e. The van der Waals surface area contributed by atoms with E-state index >= 15 is 0 Å². The first-order valence-electron chi connectivity index (χ1n) is 12.2. The Kier molecular flexibility index (Phi) is 7.11. The van der Waals surface area contributed by atoms with Crippen LogP contribution in [0.15, 0.2) is 66.9 Å². The van der Waals surface area contributed by atoms with E-state index in [1.807, 2.05) is 30.3 Å². The number of carbonyl (C=O) groups excluding carboxylic acids is 2. The van der Waals surface area contributed by atoms with Crippen molar-refractivity contribution in [2.45, 2.75) is 64.0 Å². The van der Waals surface area contributed by atoms with E-state index in [-0.39, 0.29) is 29.6 Å². The number of methoxy groups -OCH3 is 1. The summed E-state index contributed by atoms with van der Waals surface area (Å²) in [5.74, 6) is 1.44. The third-order valence-electron chi connectivity index (χ3n) is 7.61. The minimum Gasteiger partial charge on any atom is -0.497 e. The van der Waals surface area contributed by atoms with E-state index in [0.29, 0.717) is 5.92 Å². The highest BCUT2D eigenvalue weighted by molar-refractivity contribution is 5.92. The highest BCUT2D eigenvalue weighted by Gasteiger charge is 2.43. The van der Waals surface area contributed by atoms with Crippen LogP contribution in [0.2, 0.25) is 0 Å². The van der Waals surface area contributed by atoms with Gasteiger partial charge < -0.3 is 9.47 Å². The Labute approximate surface area is 202 Å². The van der Waals surface area contributed by atoms with E-state index in [4.69, 9.17) is 9.47 Å². The smallest absolute Gasteiger partial charge is 0.414 e. The normalized spacial score (nSPS) is 25.2. The molecule has 2 aromatic rings. The van der Waals surface area contributed by atoms with Gasteiger partial charge in [0.15, 0.2) is 5.78 Å². The van der Waals surface area contributed by atoms with E-state index in [2.05, 4.69) is 45.0 Å². The lowest BCUT2D eigenvalue weighted by Gasteiger charge is -2.44. The van der Waals surface area contributed by atoms with Crippen molar-refractivity contribution in [2.75, 3.05) is 7.11 Å². The highest BCUT2D eigenvalue weighted by Crippen LogP contribution is 2.44. The lowest BCUT2D eigenvalue weighted by atomic mass is 9.64. The number of ether oxygens (including phenoxy) is 2. The van der Waals surface area contributed by atoms with Crippen LogP contribution in [0, 0.1) is 11.8 Å². The van der Waals surface area contributed by atoms with Gasteiger partial charge >= 0.3 is 6.09 Å². The number of hydrogen-bond acceptors (Lipinski definition) is 4. The summed E-state index contributed by atoms with van der Waals surface area (Å²) in [6.45, 7) is 6.74. The maximum atomic E-state index is 13.5. The minimum atomic E-state index is -0.391. The van der Waals surface area contributed by atoms with E-state index < -0.39 is 12.1 Å². The van der Waals surface area contributed by atoms with Crippen molar-refractivity contribution in [3.63, 3.8) is 0 Å². The molecule has 4 rings (SSSR count). The zero-order valence-electron chi connectivity index (χ0n) is 20.6. The summed E-state index contributed by atoms with van der Waals surface area (Å²) in [7, 11) is 1.62. The summed E-state index contributed by atoms with van der Waals surface area (Å²) in [6, 6.07) is 17.6. The number of rotatable bonds is 5. The van der Waals surface area contributed by atoms with Gasteiger partial charge in [-0.3, -0.25) is 9.69 Å². The molecule has 5 nitrogen and oxygen atoms in total. The highest BCUT2D eigenvalue weighted by atomic mass is 16.6. The second-order valence-corrected chi connectivity index (χ2v) is 10.2. The third-order valence-corrected chi connectivity index (χ3v) is 7.61. The lowest BCUT2D eigenvalue weighted by Crippen LogP contribution is -2.45. The predicted octanol–water partition coefficient (Wildman–Crippen LogP) is 6.44. The first kappa shape index (κ1) is 24.1. The molecule has 2 aromatic carbocycles. The average molecular weight is 462 g/mol. The molecule has 1 heterocycles. The average Bonchev–Trinajstić information content (AvgIpc) is 2.84. The summed E-state index contributed by atoms with van der Waals surface area (Å²) in [6.07, 6.45) is 5.68. The minimum absolute atomic E-state index is 0.000700. The molecule has 0 radical (unpaired) electrons. The van der Waals surface area contributed by atoms with Crippen LogP contribution in [-0.4, -0.2) is 30.0 Å². The number of nitrogens with zero attached hydrogens (tertiary/aromatic N) is 1. The number of allylic oxidation sites excluding steroid dienone is 1. The summed E-state index contributed by atoms with van der Waals surface area (Å²) in [5.41, 5.74) is 2.01. The van der Waals surface area contributed by atoms with Crippen molar-refractivity contribution in [3.8, 4) is 5.75 Å². The van der Waals surface area contributed by atoms with E-state index in [1.165, 1.54) is 11.6 Å². The molecule has 180 valence electrons. The Morgan fingerprint density at radius 3 is 2.41 bits per heavy atom. The fourth-order valence-electron chi connectivity index (χ4n) is 5.47. The predicted molar refractivity (Wildman–Crippen MR) is 133 cm³/mol. The monoisotopic (exact) mass is 461 g/mol. The van der Waals surface area contributed by atoms with Gasteiger partial charge in [0, 0.05) is 18.5 Å². The number of hydrogen-bond donors (Lipinski definition) is 0. The molecule has 0 N–H and O–H groups in total. The molecular formula is C29H35NO4. The molecule has 1 amide bonds. The second-order valence-electron chi connectivity index (χ2n) is 10.2. The van der Waals surface area contributed by atoms with Crippen molar-refractivity contribution in [1.82, 2.24) is 4.90 Å². The topological polar surface area (TPSA) is 55.8 Å². The third kappa shape index (κ3) is 5.03. The molecule has 1 saturated carbocycles. The van der Waals surface area contributed by atoms with Crippen LogP contribution in [0.4, 0.5) is 4.79 Å². The molecule has 0 unspecified atom stereocenters. The molecule has 1 aliphatic carbocycles. The zero-order chi connectivity index (χ0) is 24.3. The van der Waals surface area contributed by atoms with Crippen LogP contribution in [0.25, 0.3) is 0 Å². The molecule has 1 fully saturated rings. The fourth-order valence-corrected chi connectivity index (χ4v) is 5.47. The van der Waals surface area contributed by atoms with E-state index in [1.54, 1.807) is 18.2 Å². The first-order chi connectivity index (χ1) is 16.3. The maximum absolute atomic E-state index is 13.5. The van der Waals surface area contributed by atoms with Crippen LogP contribution >= 0.6 is 0 Å². The fraction of sp³-hybridized carbons (Fsp3) is 0.448.